The van der Waals surface area contributed by atoms with Gasteiger partial charge in [0, 0.05) is 6.54 Å². The first-order valence-corrected chi connectivity index (χ1v) is 13.0. The molecule has 0 spiro atoms. The quantitative estimate of drug-likeness (QED) is 0.546. The summed E-state index contributed by atoms with van der Waals surface area (Å²) < 4.78 is 0. The Labute approximate surface area is 190 Å². The molecule has 0 aromatic carbocycles. The standard InChI is InChI=1S/C28H45NO2/c1-4-28(31)16-6-17-29(20-28)18-14-24-12-13-25-23(7-5-15-27(24,25)3)11-10-22-9-8-21(2)26(30)19-22/h10-11,24-26,30-31H,2,4-9,12-20H2,1,3H3/b22-10-,23-11+. The van der Waals surface area contributed by atoms with E-state index in [1.165, 1.54) is 44.1 Å². The Morgan fingerprint density at radius 1 is 1.13 bits per heavy atom. The van der Waals surface area contributed by atoms with Gasteiger partial charge in [-0.3, -0.25) is 0 Å². The van der Waals surface area contributed by atoms with Crippen LogP contribution in [0.2, 0.25) is 0 Å². The lowest BCUT2D eigenvalue weighted by Crippen LogP contribution is -2.48. The largest absolute Gasteiger partial charge is 0.389 e. The number of hydrogen-bond acceptors (Lipinski definition) is 3. The van der Waals surface area contributed by atoms with Crippen molar-refractivity contribution >= 4 is 0 Å². The third-order valence-electron chi connectivity index (χ3n) is 9.47. The van der Waals surface area contributed by atoms with Gasteiger partial charge >= 0.3 is 0 Å². The number of aliphatic hydroxyl groups excluding tert-OH is 1. The van der Waals surface area contributed by atoms with Crippen LogP contribution in [0.25, 0.3) is 0 Å². The van der Waals surface area contributed by atoms with E-state index in [0.29, 0.717) is 5.41 Å². The molecule has 3 saturated carbocycles. The molecule has 0 amide bonds. The van der Waals surface area contributed by atoms with E-state index in [2.05, 4.69) is 37.5 Å². The molecule has 5 unspecified atom stereocenters. The van der Waals surface area contributed by atoms with Crippen molar-refractivity contribution in [1.82, 2.24) is 4.90 Å². The van der Waals surface area contributed by atoms with Crippen molar-refractivity contribution < 1.29 is 10.2 Å². The second-order valence-corrected chi connectivity index (χ2v) is 11.4. The topological polar surface area (TPSA) is 43.7 Å². The van der Waals surface area contributed by atoms with E-state index < -0.39 is 5.60 Å². The van der Waals surface area contributed by atoms with E-state index in [0.717, 1.165) is 75.6 Å². The Morgan fingerprint density at radius 2 is 1.97 bits per heavy atom. The predicted octanol–water partition coefficient (Wildman–Crippen LogP) is 5.78. The van der Waals surface area contributed by atoms with Gasteiger partial charge in [-0.2, -0.15) is 0 Å². The SMILES string of the molecule is C=C1CC/C(=C/C=C2\CCCC3(C)C(CCN4CCCC(O)(CC)C4)CCC23)CC1O. The molecule has 174 valence electrons. The minimum Gasteiger partial charge on any atom is -0.389 e. The highest BCUT2D eigenvalue weighted by atomic mass is 16.3. The van der Waals surface area contributed by atoms with Crippen molar-refractivity contribution in [3.63, 3.8) is 0 Å². The lowest BCUT2D eigenvalue weighted by atomic mass is 9.63. The Balaban J connectivity index is 1.38. The van der Waals surface area contributed by atoms with Gasteiger partial charge in [-0.05, 0) is 113 Å². The van der Waals surface area contributed by atoms with Crippen molar-refractivity contribution in [2.75, 3.05) is 19.6 Å². The summed E-state index contributed by atoms with van der Waals surface area (Å²) in [6.07, 6.45) is 18.1. The molecule has 3 aliphatic carbocycles. The number of allylic oxidation sites excluding steroid dienone is 3. The molecule has 2 N–H and O–H groups in total. The number of β-amino-alcohol motifs (C(OH)–C–C–N with tert-alkyl or cyclic N) is 1. The van der Waals surface area contributed by atoms with Gasteiger partial charge < -0.3 is 15.1 Å². The fourth-order valence-electron chi connectivity index (χ4n) is 7.20. The third-order valence-corrected chi connectivity index (χ3v) is 9.47. The lowest BCUT2D eigenvalue weighted by molar-refractivity contribution is -0.0360. The number of hydrogen-bond donors (Lipinski definition) is 2. The van der Waals surface area contributed by atoms with Crippen LogP contribution < -0.4 is 0 Å². The van der Waals surface area contributed by atoms with Gasteiger partial charge in [0.05, 0.1) is 11.7 Å². The molecule has 5 atom stereocenters. The van der Waals surface area contributed by atoms with Crippen LogP contribution in [-0.4, -0.2) is 46.5 Å². The normalized spacial score (nSPS) is 42.3. The minimum atomic E-state index is -0.451. The van der Waals surface area contributed by atoms with E-state index in [1.54, 1.807) is 5.57 Å². The third kappa shape index (κ3) is 5.04. The van der Waals surface area contributed by atoms with E-state index in [-0.39, 0.29) is 6.10 Å². The summed E-state index contributed by atoms with van der Waals surface area (Å²) in [6, 6.07) is 0. The molecular weight excluding hydrogens is 382 g/mol. The molecule has 0 radical (unpaired) electrons. The summed E-state index contributed by atoms with van der Waals surface area (Å²) >= 11 is 0. The molecule has 4 fully saturated rings. The molecule has 0 aromatic rings. The maximum atomic E-state index is 10.7. The number of nitrogens with zero attached hydrogens (tertiary/aromatic N) is 1. The molecule has 4 aliphatic rings. The molecule has 0 aromatic heterocycles. The molecule has 4 rings (SSSR count). The van der Waals surface area contributed by atoms with Gasteiger partial charge in [0.15, 0.2) is 0 Å². The second-order valence-electron chi connectivity index (χ2n) is 11.4. The maximum absolute atomic E-state index is 10.7. The number of rotatable bonds is 5. The van der Waals surface area contributed by atoms with Crippen molar-refractivity contribution in [2.24, 2.45) is 17.3 Å². The van der Waals surface area contributed by atoms with E-state index in [9.17, 15) is 10.2 Å². The first-order valence-electron chi connectivity index (χ1n) is 13.0. The number of piperidine rings is 1. The van der Waals surface area contributed by atoms with Crippen LogP contribution in [0.3, 0.4) is 0 Å². The molecule has 1 saturated heterocycles. The average Bonchev–Trinajstić information content (AvgIpc) is 3.10. The van der Waals surface area contributed by atoms with E-state index in [1.807, 2.05) is 0 Å². The Hall–Kier alpha value is -0.900. The van der Waals surface area contributed by atoms with Crippen LogP contribution in [0.4, 0.5) is 0 Å². The molecule has 1 aliphatic heterocycles. The highest BCUT2D eigenvalue weighted by Gasteiger charge is 2.48. The van der Waals surface area contributed by atoms with Crippen molar-refractivity contribution in [3.8, 4) is 0 Å². The molecule has 31 heavy (non-hydrogen) atoms. The van der Waals surface area contributed by atoms with Crippen LogP contribution in [0.5, 0.6) is 0 Å². The summed E-state index contributed by atoms with van der Waals surface area (Å²) in [5.41, 5.74) is 4.05. The van der Waals surface area contributed by atoms with Crippen molar-refractivity contribution in [2.45, 2.75) is 103 Å². The monoisotopic (exact) mass is 427 g/mol. The van der Waals surface area contributed by atoms with Crippen LogP contribution >= 0.6 is 0 Å². The molecule has 0 bridgehead atoms. The first kappa shape index (κ1) is 23.3. The predicted molar refractivity (Wildman–Crippen MR) is 129 cm³/mol. The first-order chi connectivity index (χ1) is 14.8. The second kappa shape index (κ2) is 9.53. The van der Waals surface area contributed by atoms with Gasteiger partial charge in [0.25, 0.3) is 0 Å². The highest BCUT2D eigenvalue weighted by molar-refractivity contribution is 5.27. The van der Waals surface area contributed by atoms with Crippen LogP contribution in [0.1, 0.15) is 90.9 Å². The molecule has 1 heterocycles. The van der Waals surface area contributed by atoms with Crippen LogP contribution in [0, 0.1) is 17.3 Å². The van der Waals surface area contributed by atoms with Gasteiger partial charge in [-0.1, -0.05) is 43.7 Å². The molecule has 3 nitrogen and oxygen atoms in total. The summed E-state index contributed by atoms with van der Waals surface area (Å²) in [7, 11) is 0. The van der Waals surface area contributed by atoms with Crippen LogP contribution in [-0.2, 0) is 0 Å². The number of fused-ring (bicyclic) bond motifs is 1. The van der Waals surface area contributed by atoms with Gasteiger partial charge in [0.2, 0.25) is 0 Å². The number of aliphatic hydroxyl groups is 2. The fraction of sp³-hybridized carbons (Fsp3) is 0.786. The summed E-state index contributed by atoms with van der Waals surface area (Å²) in [5, 5.41) is 20.9. The van der Waals surface area contributed by atoms with Gasteiger partial charge in [-0.15, -0.1) is 0 Å². The zero-order valence-corrected chi connectivity index (χ0v) is 20.0. The Kier molecular flexibility index (Phi) is 7.15. The highest BCUT2D eigenvalue weighted by Crippen LogP contribution is 2.58. The van der Waals surface area contributed by atoms with E-state index >= 15 is 0 Å². The van der Waals surface area contributed by atoms with Gasteiger partial charge in [0.1, 0.15) is 0 Å². The van der Waals surface area contributed by atoms with Crippen molar-refractivity contribution in [3.05, 3.63) is 35.5 Å². The Morgan fingerprint density at radius 3 is 2.74 bits per heavy atom. The lowest BCUT2D eigenvalue weighted by Gasteiger charge is -2.44. The Bertz CT molecular complexity index is 725. The zero-order valence-electron chi connectivity index (χ0n) is 20.0. The summed E-state index contributed by atoms with van der Waals surface area (Å²) in [5.74, 6) is 1.55. The smallest absolute Gasteiger partial charge is 0.0784 e. The van der Waals surface area contributed by atoms with E-state index in [4.69, 9.17) is 0 Å². The summed E-state index contributed by atoms with van der Waals surface area (Å²) in [6.45, 7) is 11.9. The number of likely N-dealkylation sites (tertiary alicyclic amines) is 1. The maximum Gasteiger partial charge on any atom is 0.0784 e. The average molecular weight is 428 g/mol. The summed E-state index contributed by atoms with van der Waals surface area (Å²) in [4.78, 5) is 2.54. The molecular formula is C28H45NO2. The fourth-order valence-corrected chi connectivity index (χ4v) is 7.20. The minimum absolute atomic E-state index is 0.342. The van der Waals surface area contributed by atoms with Gasteiger partial charge in [-0.25, -0.2) is 0 Å². The molecule has 3 heteroatoms. The van der Waals surface area contributed by atoms with Crippen LogP contribution in [0.15, 0.2) is 35.5 Å². The zero-order chi connectivity index (χ0) is 22.1. The van der Waals surface area contributed by atoms with Crippen molar-refractivity contribution in [1.29, 1.82) is 0 Å².